The fraction of sp³-hybridized carbons (Fsp3) is 0.382. The van der Waals surface area contributed by atoms with Crippen LogP contribution in [0.5, 0.6) is 0 Å². The molecule has 0 spiro atoms. The first kappa shape index (κ1) is 23.3. The molecule has 2 aromatic heterocycles. The van der Waals surface area contributed by atoms with Crippen LogP contribution in [0.3, 0.4) is 0 Å². The van der Waals surface area contributed by atoms with Gasteiger partial charge in [-0.1, -0.05) is 95.6 Å². The Hall–Kier alpha value is -3.13. The summed E-state index contributed by atoms with van der Waals surface area (Å²) in [7, 11) is 0. The molecule has 5 aromatic rings. The van der Waals surface area contributed by atoms with Crippen molar-refractivity contribution >= 4 is 27.3 Å². The van der Waals surface area contributed by atoms with Crippen LogP contribution < -0.4 is 4.57 Å². The maximum atomic E-state index is 2.69. The van der Waals surface area contributed by atoms with E-state index in [4.69, 9.17) is 0 Å². The predicted molar refractivity (Wildman–Crippen MR) is 153 cm³/mol. The van der Waals surface area contributed by atoms with Crippen LogP contribution in [-0.2, 0) is 24.8 Å². The second-order valence-electron chi connectivity index (χ2n) is 11.3. The van der Waals surface area contributed by atoms with E-state index in [9.17, 15) is 0 Å². The molecular formula is C34H39N2+. The molecule has 1 aliphatic rings. The Labute approximate surface area is 215 Å². The normalized spacial score (nSPS) is 14.6. The lowest BCUT2D eigenvalue weighted by atomic mass is 9.81. The van der Waals surface area contributed by atoms with E-state index < -0.39 is 0 Å². The third-order valence-corrected chi connectivity index (χ3v) is 8.73. The third kappa shape index (κ3) is 3.26. The van der Waals surface area contributed by atoms with Crippen LogP contribution >= 0.6 is 0 Å². The molecule has 0 saturated heterocycles. The molecule has 0 saturated carbocycles. The molecule has 0 amide bonds. The molecule has 1 aliphatic heterocycles. The summed E-state index contributed by atoms with van der Waals surface area (Å²) >= 11 is 0. The molecule has 2 nitrogen and oxygen atoms in total. The molecule has 36 heavy (non-hydrogen) atoms. The van der Waals surface area contributed by atoms with E-state index in [1.54, 1.807) is 0 Å². The van der Waals surface area contributed by atoms with Crippen molar-refractivity contribution in [2.75, 3.05) is 0 Å². The summed E-state index contributed by atoms with van der Waals surface area (Å²) in [5.41, 5.74) is 10.1. The summed E-state index contributed by atoms with van der Waals surface area (Å²) in [4.78, 5) is 0. The van der Waals surface area contributed by atoms with Gasteiger partial charge in [-0.3, -0.25) is 0 Å². The Kier molecular flexibility index (Phi) is 5.67. The lowest BCUT2D eigenvalue weighted by Gasteiger charge is -2.32. The Morgan fingerprint density at radius 2 is 1.58 bits per heavy atom. The number of pyridine rings is 1. The molecule has 0 bridgehead atoms. The number of hydrogen-bond donors (Lipinski definition) is 0. The highest BCUT2D eigenvalue weighted by molar-refractivity contribution is 6.13. The van der Waals surface area contributed by atoms with Crippen LogP contribution in [0.2, 0.25) is 0 Å². The van der Waals surface area contributed by atoms with E-state index in [1.165, 1.54) is 55.3 Å². The number of para-hydroxylation sites is 1. The van der Waals surface area contributed by atoms with Crippen molar-refractivity contribution < 1.29 is 4.57 Å². The van der Waals surface area contributed by atoms with E-state index in [0.717, 1.165) is 38.5 Å². The van der Waals surface area contributed by atoms with E-state index in [2.05, 4.69) is 110 Å². The number of rotatable bonds is 7. The van der Waals surface area contributed by atoms with Crippen molar-refractivity contribution in [1.82, 2.24) is 4.40 Å². The van der Waals surface area contributed by atoms with Crippen LogP contribution in [0.15, 0.2) is 66.9 Å². The zero-order valence-electron chi connectivity index (χ0n) is 22.6. The average Bonchev–Trinajstić information content (AvgIpc) is 3.29. The standard InChI is InChI=1S/C34H39N2/c1-6-13-24-14-11-15-25(20-23(4)5)31(24)30-22-35-33-32-26(21-34(35,7-2)8-3)16-12-18-28(32)27-17-9-10-19-29(27)36(30)33/h9-12,14-19,22-23H,6-8,13,20-21H2,1-5H3/q+1. The summed E-state index contributed by atoms with van der Waals surface area (Å²) in [5.74, 6) is 0.615. The number of aryl methyl sites for hydroxylation is 1. The Balaban J connectivity index is 1.85. The fourth-order valence-electron chi connectivity index (χ4n) is 6.96. The Morgan fingerprint density at radius 1 is 0.861 bits per heavy atom. The summed E-state index contributed by atoms with van der Waals surface area (Å²) in [5, 5.41) is 4.18. The second kappa shape index (κ2) is 8.76. The smallest absolute Gasteiger partial charge is 0.223 e. The SMILES string of the molecule is CCCc1cccc(CC(C)C)c1-c1c[n+]2c3c4c(cccc4c4ccccc4n13)CC2(CC)CC. The number of hydrogen-bond acceptors (Lipinski definition) is 0. The molecule has 3 aromatic carbocycles. The molecule has 0 radical (unpaired) electrons. The molecular weight excluding hydrogens is 436 g/mol. The van der Waals surface area contributed by atoms with E-state index in [1.807, 2.05) is 0 Å². The van der Waals surface area contributed by atoms with Gasteiger partial charge in [-0.25, -0.2) is 4.57 Å². The van der Waals surface area contributed by atoms with Crippen LogP contribution in [0, 0.1) is 5.92 Å². The minimum Gasteiger partial charge on any atom is -0.223 e. The molecule has 2 heteroatoms. The van der Waals surface area contributed by atoms with Gasteiger partial charge in [-0.2, -0.15) is 4.40 Å². The van der Waals surface area contributed by atoms with Gasteiger partial charge < -0.3 is 0 Å². The van der Waals surface area contributed by atoms with Crippen molar-refractivity contribution in [2.24, 2.45) is 5.92 Å². The van der Waals surface area contributed by atoms with Gasteiger partial charge in [0.05, 0.1) is 5.39 Å². The largest absolute Gasteiger partial charge is 0.295 e. The van der Waals surface area contributed by atoms with Crippen LogP contribution in [0.25, 0.3) is 38.6 Å². The average molecular weight is 476 g/mol. The van der Waals surface area contributed by atoms with Gasteiger partial charge in [0.1, 0.15) is 17.3 Å². The second-order valence-corrected chi connectivity index (χ2v) is 11.3. The molecule has 0 unspecified atom stereocenters. The third-order valence-electron chi connectivity index (χ3n) is 8.73. The topological polar surface area (TPSA) is 8.29 Å². The zero-order valence-corrected chi connectivity index (χ0v) is 22.6. The van der Waals surface area contributed by atoms with Crippen LogP contribution in [0.1, 0.15) is 70.6 Å². The first-order chi connectivity index (χ1) is 17.5. The van der Waals surface area contributed by atoms with E-state index in [0.29, 0.717) is 5.92 Å². The summed E-state index contributed by atoms with van der Waals surface area (Å²) in [6.07, 6.45) is 9.26. The van der Waals surface area contributed by atoms with Gasteiger partial charge in [-0.05, 0) is 54.4 Å². The Morgan fingerprint density at radius 3 is 2.33 bits per heavy atom. The molecule has 0 N–H and O–H groups in total. The minimum atomic E-state index is 0.102. The number of benzene rings is 3. The minimum absolute atomic E-state index is 0.102. The monoisotopic (exact) mass is 475 g/mol. The quantitative estimate of drug-likeness (QED) is 0.165. The van der Waals surface area contributed by atoms with Crippen molar-refractivity contribution in [3.8, 4) is 11.3 Å². The van der Waals surface area contributed by atoms with Gasteiger partial charge in [0.25, 0.3) is 5.65 Å². The van der Waals surface area contributed by atoms with Crippen LogP contribution in [-0.4, -0.2) is 4.40 Å². The molecule has 184 valence electrons. The lowest BCUT2D eigenvalue weighted by molar-refractivity contribution is -0.743. The van der Waals surface area contributed by atoms with Crippen molar-refractivity contribution in [3.63, 3.8) is 0 Å². The molecule has 0 aliphatic carbocycles. The Bertz CT molecular complexity index is 1600. The molecule has 6 rings (SSSR count). The number of nitrogens with zero attached hydrogens (tertiary/aromatic N) is 2. The van der Waals surface area contributed by atoms with Gasteiger partial charge in [-0.15, -0.1) is 0 Å². The molecule has 0 fully saturated rings. The summed E-state index contributed by atoms with van der Waals surface area (Å²) in [6.45, 7) is 11.7. The number of imidazole rings is 1. The predicted octanol–water partition coefficient (Wildman–Crippen LogP) is 8.42. The van der Waals surface area contributed by atoms with Crippen molar-refractivity contribution in [1.29, 1.82) is 0 Å². The number of aromatic nitrogens is 2. The maximum absolute atomic E-state index is 2.69. The van der Waals surface area contributed by atoms with E-state index >= 15 is 0 Å². The van der Waals surface area contributed by atoms with Gasteiger partial charge in [0.2, 0.25) is 0 Å². The first-order valence-corrected chi connectivity index (χ1v) is 14.0. The van der Waals surface area contributed by atoms with Gasteiger partial charge in [0.15, 0.2) is 5.69 Å². The van der Waals surface area contributed by atoms with E-state index in [-0.39, 0.29) is 5.54 Å². The van der Waals surface area contributed by atoms with Gasteiger partial charge >= 0.3 is 0 Å². The fourth-order valence-corrected chi connectivity index (χ4v) is 6.96. The highest BCUT2D eigenvalue weighted by Crippen LogP contribution is 2.42. The zero-order chi connectivity index (χ0) is 25.0. The van der Waals surface area contributed by atoms with Crippen LogP contribution in [0.4, 0.5) is 0 Å². The van der Waals surface area contributed by atoms with Crippen molar-refractivity contribution in [2.45, 2.75) is 78.7 Å². The highest BCUT2D eigenvalue weighted by atomic mass is 15.2. The molecule has 3 heterocycles. The lowest BCUT2D eigenvalue weighted by Crippen LogP contribution is -2.58. The molecule has 0 atom stereocenters. The number of fused-ring (bicyclic) bond motifs is 3. The first-order valence-electron chi connectivity index (χ1n) is 14.0. The maximum Gasteiger partial charge on any atom is 0.295 e. The van der Waals surface area contributed by atoms with Gasteiger partial charge in [0, 0.05) is 22.8 Å². The van der Waals surface area contributed by atoms with Crippen molar-refractivity contribution in [3.05, 3.63) is 83.6 Å². The summed E-state index contributed by atoms with van der Waals surface area (Å²) < 4.78 is 5.31. The highest BCUT2D eigenvalue weighted by Gasteiger charge is 2.43. The summed E-state index contributed by atoms with van der Waals surface area (Å²) in [6, 6.07) is 23.0.